The molecule has 1 fully saturated rings. The van der Waals surface area contributed by atoms with Crippen molar-refractivity contribution in [1.29, 1.82) is 0 Å². The van der Waals surface area contributed by atoms with Gasteiger partial charge < -0.3 is 20.1 Å². The number of fused-ring (bicyclic) bond motifs is 3. The number of thiocarbonyl (C=S) groups is 1. The molecule has 2 aliphatic rings. The Labute approximate surface area is 174 Å². The third-order valence-corrected chi connectivity index (χ3v) is 7.18. The molecule has 150 valence electrons. The summed E-state index contributed by atoms with van der Waals surface area (Å²) in [5, 5.41) is 4.91. The maximum atomic E-state index is 12.7. The molecule has 3 N–H and O–H groups in total. The fraction of sp³-hybridized carbons (Fsp3) is 0.550. The summed E-state index contributed by atoms with van der Waals surface area (Å²) >= 11 is 7.20. The van der Waals surface area contributed by atoms with E-state index < -0.39 is 0 Å². The molecule has 0 radical (unpaired) electrons. The van der Waals surface area contributed by atoms with Gasteiger partial charge in [0.2, 0.25) is 0 Å². The van der Waals surface area contributed by atoms with E-state index in [-0.39, 0.29) is 5.56 Å². The largest absolute Gasteiger partial charge is 0.359 e. The van der Waals surface area contributed by atoms with Crippen LogP contribution in [0.1, 0.15) is 36.0 Å². The number of aromatic nitrogens is 2. The minimum atomic E-state index is 0.0441. The first kappa shape index (κ1) is 19.5. The highest BCUT2D eigenvalue weighted by Crippen LogP contribution is 2.33. The number of nitrogens with one attached hydrogen (secondary N) is 3. The number of piperazine rings is 1. The smallest absolute Gasteiger partial charge is 0.260 e. The molecule has 0 saturated carbocycles. The molecule has 8 heteroatoms. The zero-order valence-electron chi connectivity index (χ0n) is 16.4. The van der Waals surface area contributed by atoms with E-state index >= 15 is 0 Å². The summed E-state index contributed by atoms with van der Waals surface area (Å²) in [6, 6.07) is 0. The lowest BCUT2D eigenvalue weighted by atomic mass is 9.97. The summed E-state index contributed by atoms with van der Waals surface area (Å²) < 4.78 is 0. The quantitative estimate of drug-likeness (QED) is 0.511. The van der Waals surface area contributed by atoms with Crippen LogP contribution in [0.2, 0.25) is 0 Å². The van der Waals surface area contributed by atoms with Crippen LogP contribution in [0, 0.1) is 0 Å². The standard InChI is InChI=1S/C20H27N5OS2/c1-13(2)11-21-20(27)25-9-7-24(8-10-25)12-16-22-18(26)17-14-5-3-4-6-15(14)28-19(17)23-16/h1,3-12H2,2H3,(H,21,27)(H,22,23,26)/p+1. The first-order valence-electron chi connectivity index (χ1n) is 10.1. The van der Waals surface area contributed by atoms with E-state index in [1.54, 1.807) is 11.3 Å². The Morgan fingerprint density at radius 3 is 2.86 bits per heavy atom. The van der Waals surface area contributed by atoms with Crippen molar-refractivity contribution in [1.82, 2.24) is 20.2 Å². The number of thiophene rings is 1. The van der Waals surface area contributed by atoms with E-state index in [1.807, 2.05) is 6.92 Å². The molecule has 0 spiro atoms. The SMILES string of the molecule is C=C(C)CNC(=S)N1CC[NH+](Cc2nc3sc4c(c3c(=O)[nH]2)CCCC4)CC1. The van der Waals surface area contributed by atoms with E-state index in [0.717, 1.165) is 78.8 Å². The van der Waals surface area contributed by atoms with Crippen molar-refractivity contribution < 1.29 is 4.90 Å². The lowest BCUT2D eigenvalue weighted by Crippen LogP contribution is -3.13. The van der Waals surface area contributed by atoms with Crippen LogP contribution in [0.3, 0.4) is 0 Å². The van der Waals surface area contributed by atoms with Crippen molar-refractivity contribution in [3.05, 3.63) is 38.8 Å². The van der Waals surface area contributed by atoms with Crippen molar-refractivity contribution in [3.63, 3.8) is 0 Å². The predicted molar refractivity (Wildman–Crippen MR) is 118 cm³/mol. The van der Waals surface area contributed by atoms with Crippen LogP contribution in [-0.2, 0) is 19.4 Å². The highest BCUT2D eigenvalue weighted by Gasteiger charge is 2.24. The van der Waals surface area contributed by atoms with Gasteiger partial charge in [0.25, 0.3) is 5.56 Å². The minimum Gasteiger partial charge on any atom is -0.359 e. The van der Waals surface area contributed by atoms with Gasteiger partial charge in [-0.1, -0.05) is 12.2 Å². The molecule has 1 aliphatic carbocycles. The van der Waals surface area contributed by atoms with Gasteiger partial charge in [-0.05, 0) is 50.4 Å². The van der Waals surface area contributed by atoms with Crippen LogP contribution in [0.25, 0.3) is 10.2 Å². The van der Waals surface area contributed by atoms with Crippen LogP contribution < -0.4 is 15.8 Å². The molecule has 2 aromatic heterocycles. The molecule has 1 aliphatic heterocycles. The molecule has 3 heterocycles. The van der Waals surface area contributed by atoms with E-state index in [1.165, 1.54) is 28.2 Å². The van der Waals surface area contributed by atoms with Crippen molar-refractivity contribution in [2.24, 2.45) is 0 Å². The topological polar surface area (TPSA) is 65.5 Å². The first-order chi connectivity index (χ1) is 13.5. The van der Waals surface area contributed by atoms with Gasteiger partial charge in [0.1, 0.15) is 11.4 Å². The summed E-state index contributed by atoms with van der Waals surface area (Å²) in [5.74, 6) is 0.808. The number of H-pyrrole nitrogens is 1. The summed E-state index contributed by atoms with van der Waals surface area (Å²) in [6.07, 6.45) is 4.52. The predicted octanol–water partition coefficient (Wildman–Crippen LogP) is 1.01. The second-order valence-corrected chi connectivity index (χ2v) is 9.40. The lowest BCUT2D eigenvalue weighted by molar-refractivity contribution is -0.918. The fourth-order valence-electron chi connectivity index (χ4n) is 4.07. The third kappa shape index (κ3) is 4.14. The lowest BCUT2D eigenvalue weighted by Gasteiger charge is -2.33. The Bertz CT molecular complexity index is 955. The number of hydrogen-bond acceptors (Lipinski definition) is 4. The normalized spacial score (nSPS) is 17.5. The van der Waals surface area contributed by atoms with Gasteiger partial charge in [-0.3, -0.25) is 4.79 Å². The molecule has 2 aromatic rings. The Morgan fingerprint density at radius 1 is 1.36 bits per heavy atom. The molecule has 4 rings (SSSR count). The summed E-state index contributed by atoms with van der Waals surface area (Å²) in [4.78, 5) is 26.5. The van der Waals surface area contributed by atoms with Gasteiger partial charge in [0, 0.05) is 11.4 Å². The highest BCUT2D eigenvalue weighted by atomic mass is 32.1. The zero-order chi connectivity index (χ0) is 19.7. The Hall–Kier alpha value is -1.77. The average Bonchev–Trinajstić information content (AvgIpc) is 3.05. The number of aryl methyl sites for hydroxylation is 2. The molecule has 0 amide bonds. The average molecular weight is 419 g/mol. The highest BCUT2D eigenvalue weighted by molar-refractivity contribution is 7.80. The third-order valence-electron chi connectivity index (χ3n) is 5.59. The fourth-order valence-corrected chi connectivity index (χ4v) is 5.61. The van der Waals surface area contributed by atoms with E-state index in [4.69, 9.17) is 17.2 Å². The van der Waals surface area contributed by atoms with E-state index in [9.17, 15) is 4.79 Å². The van der Waals surface area contributed by atoms with Crippen LogP contribution in [0.15, 0.2) is 16.9 Å². The second kappa shape index (κ2) is 8.31. The summed E-state index contributed by atoms with van der Waals surface area (Å²) in [6.45, 7) is 11.2. The van der Waals surface area contributed by atoms with E-state index in [2.05, 4.69) is 21.8 Å². The maximum absolute atomic E-state index is 12.7. The molecule has 0 bridgehead atoms. The molecule has 0 atom stereocenters. The molecule has 0 unspecified atom stereocenters. The van der Waals surface area contributed by atoms with Crippen molar-refractivity contribution in [3.8, 4) is 0 Å². The van der Waals surface area contributed by atoms with Gasteiger partial charge in [0.05, 0.1) is 31.6 Å². The van der Waals surface area contributed by atoms with Crippen LogP contribution in [0.5, 0.6) is 0 Å². The molecule has 0 aromatic carbocycles. The zero-order valence-corrected chi connectivity index (χ0v) is 18.0. The molecular weight excluding hydrogens is 390 g/mol. The van der Waals surface area contributed by atoms with Gasteiger partial charge in [-0.15, -0.1) is 11.3 Å². The number of hydrogen-bond donors (Lipinski definition) is 3. The molecule has 1 saturated heterocycles. The second-order valence-electron chi connectivity index (χ2n) is 7.93. The van der Waals surface area contributed by atoms with Crippen LogP contribution >= 0.6 is 23.6 Å². The van der Waals surface area contributed by atoms with Crippen molar-refractivity contribution in [2.75, 3.05) is 32.7 Å². The van der Waals surface area contributed by atoms with E-state index in [0.29, 0.717) is 0 Å². The molecular formula is C20H28N5OS2+. The molecule has 28 heavy (non-hydrogen) atoms. The number of nitrogens with zero attached hydrogens (tertiary/aromatic N) is 2. The Balaban J connectivity index is 1.40. The van der Waals surface area contributed by atoms with Gasteiger partial charge >= 0.3 is 0 Å². The molecule has 6 nitrogen and oxygen atoms in total. The Morgan fingerprint density at radius 2 is 2.11 bits per heavy atom. The number of rotatable bonds is 4. The number of quaternary nitrogens is 1. The maximum Gasteiger partial charge on any atom is 0.260 e. The van der Waals surface area contributed by atoms with Gasteiger partial charge in [-0.2, -0.15) is 0 Å². The minimum absolute atomic E-state index is 0.0441. The van der Waals surface area contributed by atoms with Crippen LogP contribution in [0.4, 0.5) is 0 Å². The summed E-state index contributed by atoms with van der Waals surface area (Å²) in [5.41, 5.74) is 2.37. The summed E-state index contributed by atoms with van der Waals surface area (Å²) in [7, 11) is 0. The Kier molecular flexibility index (Phi) is 5.80. The van der Waals surface area contributed by atoms with Crippen molar-refractivity contribution >= 4 is 38.9 Å². The van der Waals surface area contributed by atoms with Gasteiger partial charge in [-0.25, -0.2) is 4.98 Å². The number of aromatic amines is 1. The van der Waals surface area contributed by atoms with Crippen LogP contribution in [-0.4, -0.2) is 52.7 Å². The van der Waals surface area contributed by atoms with Crippen molar-refractivity contribution in [2.45, 2.75) is 39.2 Å². The first-order valence-corrected chi connectivity index (χ1v) is 11.3. The van der Waals surface area contributed by atoms with Gasteiger partial charge in [0.15, 0.2) is 10.9 Å². The monoisotopic (exact) mass is 418 g/mol.